The molecule has 2 aromatic rings. The molecule has 3 aliphatic rings. The van der Waals surface area contributed by atoms with E-state index in [-0.39, 0.29) is 34.6 Å². The van der Waals surface area contributed by atoms with Gasteiger partial charge in [-0.1, -0.05) is 36.8 Å². The molecule has 164 valence electrons. The van der Waals surface area contributed by atoms with Crippen molar-refractivity contribution in [2.24, 2.45) is 23.7 Å². The van der Waals surface area contributed by atoms with Gasteiger partial charge in [0.1, 0.15) is 11.6 Å². The number of halogens is 1. The number of carbonyl (C=O) groups is 1. The number of hydrogen-bond acceptors (Lipinski definition) is 3. The molecule has 1 heterocycles. The number of hydrogen-bond donors (Lipinski definition) is 0. The van der Waals surface area contributed by atoms with Gasteiger partial charge in [-0.3, -0.25) is 4.79 Å². The summed E-state index contributed by atoms with van der Waals surface area (Å²) in [5.41, 5.74) is 1.17. The van der Waals surface area contributed by atoms with E-state index in [4.69, 9.17) is 0 Å². The Kier molecular flexibility index (Phi) is 5.47. The Hall–Kier alpha value is -2.05. The van der Waals surface area contributed by atoms with Gasteiger partial charge in [-0.05, 0) is 73.3 Å². The normalized spacial score (nSPS) is 31.3. The highest BCUT2D eigenvalue weighted by atomic mass is 32.2. The summed E-state index contributed by atoms with van der Waals surface area (Å²) in [5, 5.41) is 0. The summed E-state index contributed by atoms with van der Waals surface area (Å²) in [6, 6.07) is 15.2. The van der Waals surface area contributed by atoms with Gasteiger partial charge in [0.15, 0.2) is 0 Å². The van der Waals surface area contributed by atoms with Crippen molar-refractivity contribution in [1.82, 2.24) is 4.31 Å². The summed E-state index contributed by atoms with van der Waals surface area (Å²) < 4.78 is 41.9. The maximum absolute atomic E-state index is 13.4. The maximum Gasteiger partial charge on any atom is 0.243 e. The van der Waals surface area contributed by atoms with Gasteiger partial charge in [0.25, 0.3) is 0 Å². The number of sulfonamides is 1. The molecule has 6 heteroatoms. The Labute approximate surface area is 183 Å². The van der Waals surface area contributed by atoms with Gasteiger partial charge >= 0.3 is 0 Å². The van der Waals surface area contributed by atoms with Crippen LogP contribution in [0.2, 0.25) is 0 Å². The number of nitrogens with zero attached hydrogens (tertiary/aromatic N) is 1. The molecule has 3 fully saturated rings. The second-order valence-corrected chi connectivity index (χ2v) is 11.2. The Morgan fingerprint density at radius 1 is 0.968 bits per heavy atom. The first-order chi connectivity index (χ1) is 14.9. The molecular formula is C25H28FNO3S. The fourth-order valence-electron chi connectivity index (χ4n) is 6.41. The Morgan fingerprint density at radius 3 is 2.45 bits per heavy atom. The van der Waals surface area contributed by atoms with Crippen LogP contribution in [-0.4, -0.2) is 31.1 Å². The van der Waals surface area contributed by atoms with E-state index in [0.717, 1.165) is 32.1 Å². The van der Waals surface area contributed by atoms with Crippen molar-refractivity contribution in [2.45, 2.75) is 49.5 Å². The molecule has 5 rings (SSSR count). The van der Waals surface area contributed by atoms with Crippen LogP contribution < -0.4 is 0 Å². The number of carbonyl (C=O) groups excluding carboxylic acids is 1. The summed E-state index contributed by atoms with van der Waals surface area (Å²) in [5.74, 6) is 0.616. The van der Waals surface area contributed by atoms with E-state index >= 15 is 0 Å². The lowest BCUT2D eigenvalue weighted by molar-refractivity contribution is -0.136. The number of rotatable bonds is 4. The largest absolute Gasteiger partial charge is 0.299 e. The van der Waals surface area contributed by atoms with Crippen molar-refractivity contribution in [1.29, 1.82) is 0 Å². The number of ketones is 1. The third-order valence-corrected chi connectivity index (χ3v) is 9.66. The summed E-state index contributed by atoms with van der Waals surface area (Å²) in [6.45, 7) is 0.439. The molecule has 1 saturated heterocycles. The summed E-state index contributed by atoms with van der Waals surface area (Å²) in [7, 11) is -3.69. The van der Waals surface area contributed by atoms with E-state index in [1.165, 1.54) is 29.8 Å². The summed E-state index contributed by atoms with van der Waals surface area (Å²) >= 11 is 0. The quantitative estimate of drug-likeness (QED) is 0.704. The molecular weight excluding hydrogens is 413 g/mol. The van der Waals surface area contributed by atoms with Crippen LogP contribution in [0.25, 0.3) is 0 Å². The molecule has 0 unspecified atom stereocenters. The standard InChI is InChI=1S/C25H28FNO3S/c26-19-9-11-20(12-10-19)31(29,30)27-14-13-18-16-24(28)22(15-17-5-2-1-3-6-17)21-7-4-8-23(27)25(18)21/h1-3,5-6,9-12,18,21-23,25H,4,7-8,13-16H2/t18-,21+,22+,23+,25+/m0/s1. The van der Waals surface area contributed by atoms with Crippen LogP contribution in [0.3, 0.4) is 0 Å². The average molecular weight is 442 g/mol. The van der Waals surface area contributed by atoms with E-state index < -0.39 is 15.8 Å². The Balaban J connectivity index is 1.45. The van der Waals surface area contributed by atoms with Gasteiger partial charge in [-0.25, -0.2) is 12.8 Å². The minimum atomic E-state index is -3.69. The second kappa shape index (κ2) is 8.14. The molecule has 2 saturated carbocycles. The van der Waals surface area contributed by atoms with Crippen molar-refractivity contribution in [3.8, 4) is 0 Å². The van der Waals surface area contributed by atoms with Crippen LogP contribution >= 0.6 is 0 Å². The van der Waals surface area contributed by atoms with Gasteiger partial charge in [-0.15, -0.1) is 0 Å². The van der Waals surface area contributed by atoms with E-state index in [9.17, 15) is 17.6 Å². The van der Waals surface area contributed by atoms with E-state index in [1.54, 1.807) is 4.31 Å². The molecule has 2 aliphatic carbocycles. The Morgan fingerprint density at radius 2 is 1.71 bits per heavy atom. The van der Waals surface area contributed by atoms with Crippen LogP contribution in [0, 0.1) is 29.5 Å². The van der Waals surface area contributed by atoms with Crippen LogP contribution in [0.15, 0.2) is 59.5 Å². The van der Waals surface area contributed by atoms with E-state index in [0.29, 0.717) is 18.7 Å². The van der Waals surface area contributed by atoms with Crippen LogP contribution in [0.1, 0.15) is 37.7 Å². The summed E-state index contributed by atoms with van der Waals surface area (Å²) in [4.78, 5) is 13.3. The van der Waals surface area contributed by atoms with Crippen LogP contribution in [0.4, 0.5) is 4.39 Å². The molecule has 1 aliphatic heterocycles. The monoisotopic (exact) mass is 441 g/mol. The number of benzene rings is 2. The second-order valence-electron chi connectivity index (χ2n) is 9.32. The lowest BCUT2D eigenvalue weighted by atomic mass is 9.56. The number of Topliss-reactive ketones (excluding diaryl/α,β-unsaturated/α-hetero) is 1. The average Bonchev–Trinajstić information content (AvgIpc) is 2.77. The van der Waals surface area contributed by atoms with E-state index in [1.807, 2.05) is 18.2 Å². The first-order valence-electron chi connectivity index (χ1n) is 11.3. The van der Waals surface area contributed by atoms with Crippen molar-refractivity contribution >= 4 is 15.8 Å². The minimum absolute atomic E-state index is 0.0278. The molecule has 2 aromatic carbocycles. The highest BCUT2D eigenvalue weighted by Crippen LogP contribution is 2.52. The molecule has 5 atom stereocenters. The number of piperidine rings is 1. The molecule has 4 nitrogen and oxygen atoms in total. The van der Waals surface area contributed by atoms with Gasteiger partial charge in [0.2, 0.25) is 10.0 Å². The predicted octanol–water partition coefficient (Wildman–Crippen LogP) is 4.45. The molecule has 0 bridgehead atoms. The minimum Gasteiger partial charge on any atom is -0.299 e. The van der Waals surface area contributed by atoms with Gasteiger partial charge in [-0.2, -0.15) is 4.31 Å². The highest BCUT2D eigenvalue weighted by molar-refractivity contribution is 7.89. The van der Waals surface area contributed by atoms with Gasteiger partial charge in [0.05, 0.1) is 4.90 Å². The fraction of sp³-hybridized carbons (Fsp3) is 0.480. The lowest BCUT2D eigenvalue weighted by Gasteiger charge is -2.54. The third kappa shape index (κ3) is 3.74. The molecule has 0 N–H and O–H groups in total. The maximum atomic E-state index is 13.4. The van der Waals surface area contributed by atoms with Crippen molar-refractivity contribution in [2.75, 3.05) is 6.54 Å². The third-order valence-electron chi connectivity index (χ3n) is 7.72. The summed E-state index contributed by atoms with van der Waals surface area (Å²) in [6.07, 6.45) is 4.80. The van der Waals surface area contributed by atoms with Gasteiger partial charge < -0.3 is 0 Å². The van der Waals surface area contributed by atoms with E-state index in [2.05, 4.69) is 12.1 Å². The highest BCUT2D eigenvalue weighted by Gasteiger charge is 2.53. The zero-order valence-corrected chi connectivity index (χ0v) is 18.3. The van der Waals surface area contributed by atoms with Crippen molar-refractivity contribution < 1.29 is 17.6 Å². The van der Waals surface area contributed by atoms with Crippen LogP contribution in [-0.2, 0) is 21.2 Å². The van der Waals surface area contributed by atoms with Crippen molar-refractivity contribution in [3.05, 3.63) is 66.0 Å². The van der Waals surface area contributed by atoms with Gasteiger partial charge in [0, 0.05) is 24.9 Å². The SMILES string of the molecule is O=C1C[C@@H]2CCN(S(=O)(=O)c3ccc(F)cc3)[C@@H]3CCC[C@@H]([C@@H]23)[C@H]1Cc1ccccc1. The molecule has 0 radical (unpaired) electrons. The molecule has 31 heavy (non-hydrogen) atoms. The zero-order chi connectivity index (χ0) is 21.6. The van der Waals surface area contributed by atoms with Crippen LogP contribution in [0.5, 0.6) is 0 Å². The molecule has 0 spiro atoms. The fourth-order valence-corrected chi connectivity index (χ4v) is 8.11. The molecule has 0 amide bonds. The molecule has 0 aromatic heterocycles. The zero-order valence-electron chi connectivity index (χ0n) is 17.5. The smallest absolute Gasteiger partial charge is 0.243 e. The lowest BCUT2D eigenvalue weighted by Crippen LogP contribution is -2.59. The predicted molar refractivity (Wildman–Crippen MR) is 116 cm³/mol. The first-order valence-corrected chi connectivity index (χ1v) is 12.7. The van der Waals surface area contributed by atoms with Crippen molar-refractivity contribution in [3.63, 3.8) is 0 Å². The Bertz CT molecular complexity index is 1050. The first kappa shape index (κ1) is 20.8. The topological polar surface area (TPSA) is 54.5 Å².